The van der Waals surface area contributed by atoms with Gasteiger partial charge in [-0.15, -0.1) is 0 Å². The van der Waals surface area contributed by atoms with E-state index < -0.39 is 5.54 Å². The Morgan fingerprint density at radius 2 is 2.19 bits per heavy atom. The first-order chi connectivity index (χ1) is 10.1. The molecule has 1 N–H and O–H groups in total. The highest BCUT2D eigenvalue weighted by molar-refractivity contribution is 5.81. The fourth-order valence-corrected chi connectivity index (χ4v) is 3.09. The van der Waals surface area contributed by atoms with Crippen LogP contribution in [0.4, 0.5) is 0 Å². The Kier molecular flexibility index (Phi) is 8.22. The van der Waals surface area contributed by atoms with E-state index in [1.165, 1.54) is 0 Å². The van der Waals surface area contributed by atoms with E-state index >= 15 is 0 Å². The highest BCUT2D eigenvalue weighted by Crippen LogP contribution is 2.34. The second-order valence-corrected chi connectivity index (χ2v) is 5.95. The second kappa shape index (κ2) is 9.38. The molecule has 0 saturated heterocycles. The zero-order valence-electron chi connectivity index (χ0n) is 14.1. The minimum atomic E-state index is -0.480. The van der Waals surface area contributed by atoms with Gasteiger partial charge >= 0.3 is 5.97 Å². The molecule has 1 aliphatic carbocycles. The molecule has 0 bridgehead atoms. The Labute approximate surface area is 129 Å². The summed E-state index contributed by atoms with van der Waals surface area (Å²) in [5, 5.41) is 3.46. The van der Waals surface area contributed by atoms with Crippen molar-refractivity contribution in [2.75, 3.05) is 40.5 Å². The van der Waals surface area contributed by atoms with Gasteiger partial charge < -0.3 is 19.7 Å². The summed E-state index contributed by atoms with van der Waals surface area (Å²) in [5.41, 5.74) is -0.480. The average molecular weight is 300 g/mol. The van der Waals surface area contributed by atoms with Crippen molar-refractivity contribution in [3.05, 3.63) is 0 Å². The van der Waals surface area contributed by atoms with Crippen LogP contribution < -0.4 is 5.32 Å². The van der Waals surface area contributed by atoms with Gasteiger partial charge in [-0.05, 0) is 52.6 Å². The molecule has 1 rings (SSSR count). The molecule has 0 aromatic heterocycles. The predicted molar refractivity (Wildman–Crippen MR) is 84.4 cm³/mol. The van der Waals surface area contributed by atoms with Gasteiger partial charge in [-0.1, -0.05) is 6.92 Å². The van der Waals surface area contributed by atoms with Crippen molar-refractivity contribution < 1.29 is 14.3 Å². The topological polar surface area (TPSA) is 50.8 Å². The number of methoxy groups -OCH3 is 1. The lowest BCUT2D eigenvalue weighted by Crippen LogP contribution is -2.52. The van der Waals surface area contributed by atoms with Crippen LogP contribution in [-0.2, 0) is 14.3 Å². The van der Waals surface area contributed by atoms with E-state index in [0.717, 1.165) is 51.8 Å². The predicted octanol–water partition coefficient (Wildman–Crippen LogP) is 1.81. The molecule has 1 aliphatic rings. The van der Waals surface area contributed by atoms with Gasteiger partial charge in [-0.3, -0.25) is 4.79 Å². The largest absolute Gasteiger partial charge is 0.465 e. The molecule has 21 heavy (non-hydrogen) atoms. The van der Waals surface area contributed by atoms with Gasteiger partial charge in [0.25, 0.3) is 0 Å². The Morgan fingerprint density at radius 1 is 1.43 bits per heavy atom. The number of nitrogens with one attached hydrogen (secondary N) is 1. The number of esters is 1. The smallest absolute Gasteiger partial charge is 0.326 e. The van der Waals surface area contributed by atoms with E-state index in [9.17, 15) is 4.79 Å². The van der Waals surface area contributed by atoms with Gasteiger partial charge in [0.05, 0.1) is 6.61 Å². The highest BCUT2D eigenvalue weighted by atomic mass is 16.5. The summed E-state index contributed by atoms with van der Waals surface area (Å²) in [6.07, 6.45) is 4.80. The molecule has 1 fully saturated rings. The van der Waals surface area contributed by atoms with E-state index in [1.807, 2.05) is 6.92 Å². The maximum absolute atomic E-state index is 12.4. The molecule has 0 amide bonds. The van der Waals surface area contributed by atoms with Gasteiger partial charge in [0, 0.05) is 26.3 Å². The molecular formula is C16H32N2O3. The number of nitrogens with zero attached hydrogens (tertiary/aromatic N) is 1. The van der Waals surface area contributed by atoms with Crippen LogP contribution in [0, 0.1) is 0 Å². The number of carbonyl (C=O) groups excluding carboxylic acids is 1. The Balaban J connectivity index is 2.60. The number of rotatable bonds is 10. The van der Waals surface area contributed by atoms with Crippen LogP contribution in [0.15, 0.2) is 0 Å². The van der Waals surface area contributed by atoms with Crippen molar-refractivity contribution in [3.8, 4) is 0 Å². The quantitative estimate of drug-likeness (QED) is 0.492. The summed E-state index contributed by atoms with van der Waals surface area (Å²) in [7, 11) is 3.87. The normalized spacial score (nSPS) is 25.5. The summed E-state index contributed by atoms with van der Waals surface area (Å²) in [5.74, 6) is -0.0776. The fourth-order valence-electron chi connectivity index (χ4n) is 3.09. The van der Waals surface area contributed by atoms with Gasteiger partial charge in [-0.25, -0.2) is 0 Å². The van der Waals surface area contributed by atoms with E-state index in [4.69, 9.17) is 9.47 Å². The van der Waals surface area contributed by atoms with Crippen molar-refractivity contribution in [1.82, 2.24) is 10.2 Å². The molecule has 0 spiro atoms. The highest BCUT2D eigenvalue weighted by Gasteiger charge is 2.46. The zero-order chi connectivity index (χ0) is 15.7. The van der Waals surface area contributed by atoms with Crippen molar-refractivity contribution in [1.29, 1.82) is 0 Å². The summed E-state index contributed by atoms with van der Waals surface area (Å²) < 4.78 is 10.4. The first-order valence-corrected chi connectivity index (χ1v) is 8.21. The SMILES string of the molecule is CCCNC1(C(=O)OCC)CCC(N(C)CCCOC)C1. The third kappa shape index (κ3) is 5.24. The molecule has 2 unspecified atom stereocenters. The molecule has 2 atom stereocenters. The zero-order valence-corrected chi connectivity index (χ0v) is 14.1. The van der Waals surface area contributed by atoms with Crippen LogP contribution in [0.5, 0.6) is 0 Å². The lowest BCUT2D eigenvalue weighted by Gasteiger charge is -2.30. The van der Waals surface area contributed by atoms with Gasteiger partial charge in [-0.2, -0.15) is 0 Å². The number of hydrogen-bond acceptors (Lipinski definition) is 5. The summed E-state index contributed by atoms with van der Waals surface area (Å²) in [4.78, 5) is 14.7. The molecule has 0 aromatic rings. The molecule has 0 heterocycles. The molecule has 1 saturated carbocycles. The average Bonchev–Trinajstić information content (AvgIpc) is 2.91. The first-order valence-electron chi connectivity index (χ1n) is 8.21. The van der Waals surface area contributed by atoms with Crippen molar-refractivity contribution >= 4 is 5.97 Å². The number of ether oxygens (including phenoxy) is 2. The minimum absolute atomic E-state index is 0.0776. The molecular weight excluding hydrogens is 268 g/mol. The standard InChI is InChI=1S/C16H32N2O3/c1-5-10-17-16(15(19)21-6-2)9-8-14(13-16)18(3)11-7-12-20-4/h14,17H,5-13H2,1-4H3. The Hall–Kier alpha value is -0.650. The number of hydrogen-bond donors (Lipinski definition) is 1. The van der Waals surface area contributed by atoms with Crippen molar-refractivity contribution in [3.63, 3.8) is 0 Å². The van der Waals surface area contributed by atoms with Crippen LogP contribution >= 0.6 is 0 Å². The monoisotopic (exact) mass is 300 g/mol. The van der Waals surface area contributed by atoms with Crippen molar-refractivity contribution in [2.24, 2.45) is 0 Å². The Bertz CT molecular complexity index is 312. The summed E-state index contributed by atoms with van der Waals surface area (Å²) in [6, 6.07) is 0.440. The Morgan fingerprint density at radius 3 is 2.81 bits per heavy atom. The van der Waals surface area contributed by atoms with Crippen LogP contribution in [0.2, 0.25) is 0 Å². The minimum Gasteiger partial charge on any atom is -0.465 e. The van der Waals surface area contributed by atoms with Crippen molar-refractivity contribution in [2.45, 2.75) is 57.5 Å². The van der Waals surface area contributed by atoms with Gasteiger partial charge in [0.15, 0.2) is 0 Å². The van der Waals surface area contributed by atoms with E-state index in [-0.39, 0.29) is 5.97 Å². The molecule has 5 nitrogen and oxygen atoms in total. The molecule has 0 aliphatic heterocycles. The fraction of sp³-hybridized carbons (Fsp3) is 0.938. The third-order valence-corrected chi connectivity index (χ3v) is 4.35. The molecule has 0 radical (unpaired) electrons. The summed E-state index contributed by atoms with van der Waals surface area (Å²) in [6.45, 7) is 7.09. The molecule has 124 valence electrons. The van der Waals surface area contributed by atoms with E-state index in [0.29, 0.717) is 12.6 Å². The number of carbonyl (C=O) groups is 1. The lowest BCUT2D eigenvalue weighted by atomic mass is 9.97. The van der Waals surface area contributed by atoms with Crippen LogP contribution in [0.25, 0.3) is 0 Å². The van der Waals surface area contributed by atoms with E-state index in [1.54, 1.807) is 7.11 Å². The lowest BCUT2D eigenvalue weighted by molar-refractivity contribution is -0.151. The second-order valence-electron chi connectivity index (χ2n) is 5.95. The maximum atomic E-state index is 12.4. The van der Waals surface area contributed by atoms with Crippen LogP contribution in [0.3, 0.4) is 0 Å². The van der Waals surface area contributed by atoms with Gasteiger partial charge in [0.2, 0.25) is 0 Å². The maximum Gasteiger partial charge on any atom is 0.326 e. The van der Waals surface area contributed by atoms with Crippen LogP contribution in [-0.4, -0.2) is 62.9 Å². The van der Waals surface area contributed by atoms with Gasteiger partial charge in [0.1, 0.15) is 5.54 Å². The van der Waals surface area contributed by atoms with Crippen LogP contribution in [0.1, 0.15) is 46.0 Å². The first kappa shape index (κ1) is 18.4. The third-order valence-electron chi connectivity index (χ3n) is 4.35. The summed E-state index contributed by atoms with van der Waals surface area (Å²) >= 11 is 0. The molecule has 5 heteroatoms. The molecule has 0 aromatic carbocycles. The van der Waals surface area contributed by atoms with E-state index in [2.05, 4.69) is 24.2 Å².